The number of hydrogen-bond donors (Lipinski definition) is 1. The Morgan fingerprint density at radius 1 is 1.53 bits per heavy atom. The largest absolute Gasteiger partial charge is 0.352 e. The summed E-state index contributed by atoms with van der Waals surface area (Å²) in [5.41, 5.74) is 1.70. The van der Waals surface area contributed by atoms with E-state index >= 15 is 0 Å². The molecule has 0 spiro atoms. The van der Waals surface area contributed by atoms with Crippen molar-refractivity contribution in [1.82, 2.24) is 10.3 Å². The van der Waals surface area contributed by atoms with Gasteiger partial charge in [-0.1, -0.05) is 0 Å². The Bertz CT molecular complexity index is 600. The van der Waals surface area contributed by atoms with Gasteiger partial charge in [0.05, 0.1) is 16.3 Å². The number of amides is 1. The summed E-state index contributed by atoms with van der Waals surface area (Å²) >= 11 is 7.22. The number of benzene rings is 1. The van der Waals surface area contributed by atoms with Gasteiger partial charge in [-0.25, -0.2) is 4.98 Å². The highest BCUT2D eigenvalue weighted by Gasteiger charge is 2.10. The van der Waals surface area contributed by atoms with Gasteiger partial charge in [-0.2, -0.15) is 0 Å². The monoisotopic (exact) mass is 450 g/mol. The Hall–Kier alpha value is -0.470. The minimum atomic E-state index is -0.0580. The fourth-order valence-electron chi connectivity index (χ4n) is 1.59. The van der Waals surface area contributed by atoms with E-state index in [9.17, 15) is 4.79 Å². The molecule has 1 aromatic heterocycles. The van der Waals surface area contributed by atoms with E-state index in [1.165, 1.54) is 0 Å². The highest BCUT2D eigenvalue weighted by atomic mass is 127. The molecule has 0 bridgehead atoms. The van der Waals surface area contributed by atoms with Gasteiger partial charge in [0.2, 0.25) is 0 Å². The Labute approximate surface area is 138 Å². The third kappa shape index (κ3) is 4.25. The van der Waals surface area contributed by atoms with Crippen LogP contribution in [0, 0.1) is 10.5 Å². The summed E-state index contributed by atoms with van der Waals surface area (Å²) < 4.78 is 1.86. The number of thiazole rings is 1. The van der Waals surface area contributed by atoms with Crippen LogP contribution in [0.5, 0.6) is 0 Å². The van der Waals surface area contributed by atoms with Crippen LogP contribution in [-0.2, 0) is 6.42 Å². The number of carbonyl (C=O) groups excluding carboxylic acids is 1. The summed E-state index contributed by atoms with van der Waals surface area (Å²) in [6.07, 6.45) is 0.762. The molecule has 19 heavy (non-hydrogen) atoms. The van der Waals surface area contributed by atoms with Gasteiger partial charge in [-0.3, -0.25) is 4.79 Å². The third-order valence-corrected chi connectivity index (χ3v) is 4.69. The number of aryl methyl sites for hydroxylation is 1. The lowest BCUT2D eigenvalue weighted by molar-refractivity contribution is 0.0953. The molecule has 1 N–H and O–H groups in total. The first-order chi connectivity index (χ1) is 9.06. The fraction of sp³-hybridized carbons (Fsp3) is 0.231. The molecule has 0 aliphatic heterocycles. The van der Waals surface area contributed by atoms with Gasteiger partial charge in [-0.15, -0.1) is 11.3 Å². The summed E-state index contributed by atoms with van der Waals surface area (Å²) in [5.74, 6) is -0.0580. The fourth-order valence-corrected chi connectivity index (χ4v) is 3.16. The van der Waals surface area contributed by atoms with Crippen molar-refractivity contribution in [2.75, 3.05) is 6.54 Å². The SMILES string of the molecule is Cc1nc(CCNC(=O)c2cc(I)ccc2Br)cs1. The molecule has 0 aliphatic rings. The quantitative estimate of drug-likeness (QED) is 0.720. The number of rotatable bonds is 4. The average Bonchev–Trinajstić information content (AvgIpc) is 2.78. The molecule has 0 atom stereocenters. The molecule has 3 nitrogen and oxygen atoms in total. The number of halogens is 2. The highest BCUT2D eigenvalue weighted by Crippen LogP contribution is 2.19. The van der Waals surface area contributed by atoms with Crippen LogP contribution in [0.1, 0.15) is 21.1 Å². The molecule has 1 aromatic carbocycles. The van der Waals surface area contributed by atoms with E-state index in [1.54, 1.807) is 11.3 Å². The topological polar surface area (TPSA) is 42.0 Å². The maximum Gasteiger partial charge on any atom is 0.252 e. The first-order valence-electron chi connectivity index (χ1n) is 5.70. The lowest BCUT2D eigenvalue weighted by Crippen LogP contribution is -2.26. The Morgan fingerprint density at radius 3 is 3.00 bits per heavy atom. The van der Waals surface area contributed by atoms with Crippen LogP contribution >= 0.6 is 49.9 Å². The lowest BCUT2D eigenvalue weighted by atomic mass is 10.2. The van der Waals surface area contributed by atoms with Crippen molar-refractivity contribution in [1.29, 1.82) is 0 Å². The van der Waals surface area contributed by atoms with Crippen LogP contribution in [0.3, 0.4) is 0 Å². The van der Waals surface area contributed by atoms with E-state index < -0.39 is 0 Å². The van der Waals surface area contributed by atoms with Crippen LogP contribution in [0.25, 0.3) is 0 Å². The maximum absolute atomic E-state index is 12.1. The maximum atomic E-state index is 12.1. The summed E-state index contributed by atoms with van der Waals surface area (Å²) in [6.45, 7) is 2.58. The number of nitrogens with zero attached hydrogens (tertiary/aromatic N) is 1. The van der Waals surface area contributed by atoms with Crippen molar-refractivity contribution in [3.8, 4) is 0 Å². The van der Waals surface area contributed by atoms with E-state index in [-0.39, 0.29) is 5.91 Å². The summed E-state index contributed by atoms with van der Waals surface area (Å²) in [7, 11) is 0. The van der Waals surface area contributed by atoms with E-state index in [1.807, 2.05) is 30.5 Å². The van der Waals surface area contributed by atoms with E-state index in [2.05, 4.69) is 48.8 Å². The van der Waals surface area contributed by atoms with Crippen molar-refractivity contribution in [2.24, 2.45) is 0 Å². The molecule has 1 amide bonds. The van der Waals surface area contributed by atoms with Gasteiger partial charge in [0.25, 0.3) is 5.91 Å². The Balaban J connectivity index is 1.92. The average molecular weight is 451 g/mol. The zero-order chi connectivity index (χ0) is 13.8. The van der Waals surface area contributed by atoms with Crippen LogP contribution in [0.15, 0.2) is 28.1 Å². The van der Waals surface area contributed by atoms with Gasteiger partial charge in [0, 0.05) is 26.4 Å². The number of hydrogen-bond acceptors (Lipinski definition) is 3. The Morgan fingerprint density at radius 2 is 2.32 bits per heavy atom. The van der Waals surface area contributed by atoms with Crippen molar-refractivity contribution < 1.29 is 4.79 Å². The predicted molar refractivity (Wildman–Crippen MR) is 89.7 cm³/mol. The molecule has 0 aliphatic carbocycles. The molecule has 100 valence electrons. The molecular weight excluding hydrogens is 439 g/mol. The second-order valence-electron chi connectivity index (χ2n) is 3.99. The molecular formula is C13H12BrIN2OS. The highest BCUT2D eigenvalue weighted by molar-refractivity contribution is 14.1. The molecule has 2 aromatic rings. The molecule has 0 unspecified atom stereocenters. The second-order valence-corrected chi connectivity index (χ2v) is 7.15. The molecule has 0 radical (unpaired) electrons. The van der Waals surface area contributed by atoms with Crippen molar-refractivity contribution in [3.05, 3.63) is 47.9 Å². The number of carbonyl (C=O) groups is 1. The van der Waals surface area contributed by atoms with E-state index in [0.29, 0.717) is 12.1 Å². The first kappa shape index (κ1) is 14.9. The standard InChI is InChI=1S/C13H12BrIN2OS/c1-8-17-10(7-19-8)4-5-16-13(18)11-6-9(15)2-3-12(11)14/h2-3,6-7H,4-5H2,1H3,(H,16,18). The molecule has 0 fully saturated rings. The lowest BCUT2D eigenvalue weighted by Gasteiger charge is -2.06. The minimum absolute atomic E-state index is 0.0580. The van der Waals surface area contributed by atoms with Crippen molar-refractivity contribution >= 4 is 55.8 Å². The molecule has 0 saturated carbocycles. The minimum Gasteiger partial charge on any atom is -0.352 e. The molecule has 6 heteroatoms. The van der Waals surface area contributed by atoms with Gasteiger partial charge >= 0.3 is 0 Å². The van der Waals surface area contributed by atoms with Gasteiger partial charge in [-0.05, 0) is 63.6 Å². The molecule has 1 heterocycles. The Kier molecular flexibility index (Phi) is 5.35. The van der Waals surface area contributed by atoms with E-state index in [0.717, 1.165) is 25.2 Å². The summed E-state index contributed by atoms with van der Waals surface area (Å²) in [4.78, 5) is 16.4. The first-order valence-corrected chi connectivity index (χ1v) is 8.45. The zero-order valence-corrected chi connectivity index (χ0v) is 14.8. The molecule has 2 rings (SSSR count). The molecule has 0 saturated heterocycles. The zero-order valence-electron chi connectivity index (χ0n) is 10.2. The van der Waals surface area contributed by atoms with Crippen molar-refractivity contribution in [3.63, 3.8) is 0 Å². The summed E-state index contributed by atoms with van der Waals surface area (Å²) in [6, 6.07) is 5.72. The normalized spacial score (nSPS) is 10.5. The van der Waals surface area contributed by atoms with Crippen molar-refractivity contribution in [2.45, 2.75) is 13.3 Å². The van der Waals surface area contributed by atoms with Crippen LogP contribution < -0.4 is 5.32 Å². The van der Waals surface area contributed by atoms with E-state index in [4.69, 9.17) is 0 Å². The van der Waals surface area contributed by atoms with Gasteiger partial charge < -0.3 is 5.32 Å². The second kappa shape index (κ2) is 6.81. The van der Waals surface area contributed by atoms with Gasteiger partial charge in [0.15, 0.2) is 0 Å². The number of nitrogens with one attached hydrogen (secondary N) is 1. The van der Waals surface area contributed by atoms with Gasteiger partial charge in [0.1, 0.15) is 0 Å². The van der Waals surface area contributed by atoms with Crippen LogP contribution in [0.4, 0.5) is 0 Å². The number of aromatic nitrogens is 1. The smallest absolute Gasteiger partial charge is 0.252 e. The third-order valence-electron chi connectivity index (χ3n) is 2.51. The predicted octanol–water partition coefficient (Wildman–Crippen LogP) is 3.79. The van der Waals surface area contributed by atoms with Crippen LogP contribution in [-0.4, -0.2) is 17.4 Å². The summed E-state index contributed by atoms with van der Waals surface area (Å²) in [5, 5.41) is 6.00. The van der Waals surface area contributed by atoms with Crippen LogP contribution in [0.2, 0.25) is 0 Å².